The van der Waals surface area contributed by atoms with Gasteiger partial charge >= 0.3 is 0 Å². The monoisotopic (exact) mass is 374 g/mol. The van der Waals surface area contributed by atoms with E-state index in [1.165, 1.54) is 19.6 Å². The van der Waals surface area contributed by atoms with E-state index in [0.717, 1.165) is 19.3 Å². The second kappa shape index (κ2) is 5.44. The molecule has 2 bridgehead atoms. The average molecular weight is 375 g/mol. The third kappa shape index (κ3) is 2.78. The molecule has 3 unspecified atom stereocenters. The van der Waals surface area contributed by atoms with Crippen LogP contribution in [0.2, 0.25) is 0 Å². The normalized spacial score (nSPS) is 28.0. The zero-order chi connectivity index (χ0) is 15.2. The van der Waals surface area contributed by atoms with Crippen LogP contribution in [0.1, 0.15) is 25.7 Å². The third-order valence-electron chi connectivity index (χ3n) is 4.62. The number of sulfonamides is 1. The first kappa shape index (κ1) is 15.1. The predicted octanol–water partition coefficient (Wildman–Crippen LogP) is 2.51. The van der Waals surface area contributed by atoms with Crippen molar-refractivity contribution in [2.24, 2.45) is 11.8 Å². The Balaban J connectivity index is 1.89. The van der Waals surface area contributed by atoms with Crippen LogP contribution in [0.5, 0.6) is 5.75 Å². The van der Waals surface area contributed by atoms with Gasteiger partial charge in [0.05, 0.1) is 7.11 Å². The Hall–Kier alpha value is -0.790. The number of fused-ring (bicyclic) bond motifs is 2. The van der Waals surface area contributed by atoms with E-state index in [4.69, 9.17) is 10.5 Å². The summed E-state index contributed by atoms with van der Waals surface area (Å²) in [5, 5.41) is 0. The van der Waals surface area contributed by atoms with Gasteiger partial charge in [0, 0.05) is 16.2 Å². The molecule has 0 amide bonds. The van der Waals surface area contributed by atoms with Crippen LogP contribution in [0.25, 0.3) is 0 Å². The number of ether oxygens (including phenoxy) is 1. The fourth-order valence-electron chi connectivity index (χ4n) is 3.57. The van der Waals surface area contributed by atoms with Crippen molar-refractivity contribution in [2.75, 3.05) is 12.8 Å². The molecule has 0 radical (unpaired) electrons. The first-order chi connectivity index (χ1) is 9.90. The van der Waals surface area contributed by atoms with Crippen LogP contribution >= 0.6 is 15.9 Å². The van der Waals surface area contributed by atoms with Gasteiger partial charge in [0.1, 0.15) is 10.6 Å². The summed E-state index contributed by atoms with van der Waals surface area (Å²) < 4.78 is 33.9. The van der Waals surface area contributed by atoms with Crippen LogP contribution in [-0.2, 0) is 10.0 Å². The minimum Gasteiger partial charge on any atom is -0.495 e. The Kier molecular flexibility index (Phi) is 3.92. The molecule has 2 aliphatic rings. The maximum atomic E-state index is 12.6. The van der Waals surface area contributed by atoms with Gasteiger partial charge in [-0.1, -0.05) is 6.42 Å². The third-order valence-corrected chi connectivity index (χ3v) is 6.81. The highest BCUT2D eigenvalue weighted by molar-refractivity contribution is 9.10. The molecule has 7 heteroatoms. The largest absolute Gasteiger partial charge is 0.495 e. The highest BCUT2D eigenvalue weighted by atomic mass is 79.9. The molecule has 3 N–H and O–H groups in total. The van der Waals surface area contributed by atoms with Gasteiger partial charge in [0.25, 0.3) is 0 Å². The molecule has 2 fully saturated rings. The number of methoxy groups -OCH3 is 1. The lowest BCUT2D eigenvalue weighted by Crippen LogP contribution is -2.38. The van der Waals surface area contributed by atoms with E-state index in [0.29, 0.717) is 27.7 Å². The summed E-state index contributed by atoms with van der Waals surface area (Å²) in [6.45, 7) is 0. The van der Waals surface area contributed by atoms with Crippen LogP contribution in [0, 0.1) is 11.8 Å². The minimum absolute atomic E-state index is 0.0447. The molecule has 0 heterocycles. The van der Waals surface area contributed by atoms with Crippen LogP contribution in [0.4, 0.5) is 5.69 Å². The summed E-state index contributed by atoms with van der Waals surface area (Å²) >= 11 is 3.28. The molecule has 0 aliphatic heterocycles. The molecule has 0 aromatic heterocycles. The van der Waals surface area contributed by atoms with Gasteiger partial charge in [-0.25, -0.2) is 13.1 Å². The lowest BCUT2D eigenvalue weighted by atomic mass is 9.96. The van der Waals surface area contributed by atoms with Gasteiger partial charge in [-0.05, 0) is 59.2 Å². The molecule has 1 aromatic rings. The van der Waals surface area contributed by atoms with Crippen molar-refractivity contribution < 1.29 is 13.2 Å². The smallest absolute Gasteiger partial charge is 0.244 e. The van der Waals surface area contributed by atoms with Gasteiger partial charge < -0.3 is 10.5 Å². The number of hydrogen-bond donors (Lipinski definition) is 2. The van der Waals surface area contributed by atoms with Crippen molar-refractivity contribution in [1.29, 1.82) is 0 Å². The fraction of sp³-hybridized carbons (Fsp3) is 0.571. The number of rotatable bonds is 4. The summed E-state index contributed by atoms with van der Waals surface area (Å²) in [5.74, 6) is 1.45. The van der Waals surface area contributed by atoms with Crippen molar-refractivity contribution in [2.45, 2.75) is 36.6 Å². The molecule has 2 saturated carbocycles. The second-order valence-corrected chi connectivity index (χ2v) is 8.46. The summed E-state index contributed by atoms with van der Waals surface area (Å²) in [4.78, 5) is 0.105. The van der Waals surface area contributed by atoms with Crippen molar-refractivity contribution in [1.82, 2.24) is 4.72 Å². The molecule has 21 heavy (non-hydrogen) atoms. The van der Waals surface area contributed by atoms with E-state index in [9.17, 15) is 8.42 Å². The number of anilines is 1. The van der Waals surface area contributed by atoms with Crippen LogP contribution in [-0.4, -0.2) is 21.6 Å². The maximum Gasteiger partial charge on any atom is 0.244 e. The summed E-state index contributed by atoms with van der Waals surface area (Å²) in [5.41, 5.74) is 6.19. The van der Waals surface area contributed by atoms with Crippen LogP contribution in [0.3, 0.4) is 0 Å². The highest BCUT2D eigenvalue weighted by Crippen LogP contribution is 2.45. The molecule has 1 aromatic carbocycles. The number of nitrogens with one attached hydrogen (secondary N) is 1. The van der Waals surface area contributed by atoms with Gasteiger partial charge in [-0.2, -0.15) is 0 Å². The predicted molar refractivity (Wildman–Crippen MR) is 84.7 cm³/mol. The van der Waals surface area contributed by atoms with E-state index < -0.39 is 10.0 Å². The SMILES string of the molecule is COc1cc(Br)c(N)cc1S(=O)(=O)NC1CC2CCC1C2. The minimum atomic E-state index is -3.62. The van der Waals surface area contributed by atoms with E-state index in [1.54, 1.807) is 6.07 Å². The number of benzene rings is 1. The lowest BCUT2D eigenvalue weighted by molar-refractivity contribution is 0.385. The van der Waals surface area contributed by atoms with E-state index in [-0.39, 0.29) is 10.9 Å². The maximum absolute atomic E-state index is 12.6. The molecule has 3 atom stereocenters. The Labute approximate surface area is 133 Å². The number of halogens is 1. The number of nitrogen functional groups attached to an aromatic ring is 1. The van der Waals surface area contributed by atoms with Gasteiger partial charge in [-0.3, -0.25) is 0 Å². The highest BCUT2D eigenvalue weighted by Gasteiger charge is 2.41. The number of nitrogens with two attached hydrogens (primary N) is 1. The van der Waals surface area contributed by atoms with Crippen molar-refractivity contribution in [3.05, 3.63) is 16.6 Å². The van der Waals surface area contributed by atoms with Crippen molar-refractivity contribution >= 4 is 31.6 Å². The Morgan fingerprint density at radius 2 is 2.10 bits per heavy atom. The zero-order valence-electron chi connectivity index (χ0n) is 11.8. The average Bonchev–Trinajstić information content (AvgIpc) is 3.03. The first-order valence-electron chi connectivity index (χ1n) is 7.06. The first-order valence-corrected chi connectivity index (χ1v) is 9.33. The van der Waals surface area contributed by atoms with Gasteiger partial charge in [0.15, 0.2) is 0 Å². The van der Waals surface area contributed by atoms with E-state index in [2.05, 4.69) is 20.7 Å². The molecule has 116 valence electrons. The Bertz CT molecular complexity index is 662. The standard InChI is InChI=1S/C14H19BrN2O3S/c1-20-13-6-10(15)11(16)7-14(13)21(18,19)17-12-5-8-2-3-9(12)4-8/h6-9,12,17H,2-5,16H2,1H3. The molecule has 2 aliphatic carbocycles. The molecule has 3 rings (SSSR count). The lowest BCUT2D eigenvalue weighted by Gasteiger charge is -2.23. The van der Waals surface area contributed by atoms with Crippen molar-refractivity contribution in [3.8, 4) is 5.75 Å². The van der Waals surface area contributed by atoms with Gasteiger partial charge in [-0.15, -0.1) is 0 Å². The summed E-state index contributed by atoms with van der Waals surface area (Å²) in [6.07, 6.45) is 4.44. The van der Waals surface area contributed by atoms with Gasteiger partial charge in [0.2, 0.25) is 10.0 Å². The molecular weight excluding hydrogens is 356 g/mol. The molecule has 5 nitrogen and oxygen atoms in total. The molecule has 0 spiro atoms. The fourth-order valence-corrected chi connectivity index (χ4v) is 5.40. The Morgan fingerprint density at radius 3 is 2.67 bits per heavy atom. The summed E-state index contributed by atoms with van der Waals surface area (Å²) in [7, 11) is -2.17. The van der Waals surface area contributed by atoms with Crippen LogP contribution < -0.4 is 15.2 Å². The number of hydrogen-bond acceptors (Lipinski definition) is 4. The second-order valence-electron chi connectivity index (χ2n) is 5.93. The Morgan fingerprint density at radius 1 is 1.33 bits per heavy atom. The van der Waals surface area contributed by atoms with Crippen LogP contribution in [0.15, 0.2) is 21.5 Å². The van der Waals surface area contributed by atoms with Crippen molar-refractivity contribution in [3.63, 3.8) is 0 Å². The molecular formula is C14H19BrN2O3S. The topological polar surface area (TPSA) is 81.4 Å². The summed E-state index contributed by atoms with van der Waals surface area (Å²) in [6, 6.07) is 3.08. The van der Waals surface area contributed by atoms with E-state index >= 15 is 0 Å². The zero-order valence-corrected chi connectivity index (χ0v) is 14.2. The quantitative estimate of drug-likeness (QED) is 0.793. The van der Waals surface area contributed by atoms with E-state index in [1.807, 2.05) is 0 Å². The molecule has 0 saturated heterocycles.